The van der Waals surface area contributed by atoms with Crippen LogP contribution in [0.1, 0.15) is 27.8 Å². The Kier molecular flexibility index (Phi) is 3.55. The molecule has 5 nitrogen and oxygen atoms in total. The average Bonchev–Trinajstić information content (AvgIpc) is 2.72. The molecule has 0 unspecified atom stereocenters. The lowest BCUT2D eigenvalue weighted by atomic mass is 10.1. The number of benzene rings is 1. The van der Waals surface area contributed by atoms with E-state index in [1.807, 2.05) is 18.2 Å². The summed E-state index contributed by atoms with van der Waals surface area (Å²) in [5.74, 6) is -1.07. The summed E-state index contributed by atoms with van der Waals surface area (Å²) < 4.78 is 11.4. The van der Waals surface area contributed by atoms with Gasteiger partial charge in [0.25, 0.3) is 0 Å². The van der Waals surface area contributed by atoms with E-state index in [9.17, 15) is 9.59 Å². The minimum Gasteiger partial charge on any atom is -0.465 e. The van der Waals surface area contributed by atoms with Crippen molar-refractivity contribution in [2.75, 3.05) is 13.7 Å². The van der Waals surface area contributed by atoms with Crippen LogP contribution in [-0.4, -0.2) is 30.2 Å². The number of aromatic nitrogens is 1. The lowest BCUT2D eigenvalue weighted by molar-refractivity contribution is 0.0495. The van der Waals surface area contributed by atoms with Gasteiger partial charge in [-0.15, -0.1) is 0 Å². The second-order valence-electron chi connectivity index (χ2n) is 4.01. The number of methoxy groups -OCH3 is 1. The van der Waals surface area contributed by atoms with Crippen molar-refractivity contribution in [2.45, 2.75) is 6.92 Å². The van der Waals surface area contributed by atoms with Crippen LogP contribution in [0.4, 0.5) is 0 Å². The molecule has 2 rings (SSSR count). The van der Waals surface area contributed by atoms with Gasteiger partial charge in [-0.3, -0.25) is 0 Å². The number of hydrogen-bond donors (Lipinski definition) is 0. The summed E-state index contributed by atoms with van der Waals surface area (Å²) in [5, 5.41) is 0.680. The summed E-state index contributed by atoms with van der Waals surface area (Å²) in [6, 6.07) is 7.27. The van der Waals surface area contributed by atoms with Crippen LogP contribution in [0.2, 0.25) is 0 Å². The third-order valence-electron chi connectivity index (χ3n) is 2.97. The summed E-state index contributed by atoms with van der Waals surface area (Å²) >= 11 is 0. The minimum atomic E-state index is -0.542. The zero-order valence-electron chi connectivity index (χ0n) is 11.1. The molecular weight excluding hydrogens is 246 g/mol. The smallest absolute Gasteiger partial charge is 0.355 e. The van der Waals surface area contributed by atoms with Crippen molar-refractivity contribution in [3.8, 4) is 0 Å². The molecule has 0 bridgehead atoms. The summed E-state index contributed by atoms with van der Waals surface area (Å²) in [7, 11) is 3.01. The standard InChI is InChI=1S/C14H15NO4/c1-4-19-14(17)12-11(13(16)18-3)9-7-5-6-8-10(9)15(12)2/h5-8H,4H2,1-3H3. The van der Waals surface area contributed by atoms with Gasteiger partial charge in [0.15, 0.2) is 0 Å². The normalized spacial score (nSPS) is 10.5. The number of carbonyl (C=O) groups is 2. The van der Waals surface area contributed by atoms with Crippen LogP contribution in [0.5, 0.6) is 0 Å². The first-order chi connectivity index (χ1) is 9.11. The average molecular weight is 261 g/mol. The first-order valence-corrected chi connectivity index (χ1v) is 5.94. The number of esters is 2. The molecule has 0 amide bonds. The van der Waals surface area contributed by atoms with E-state index in [0.717, 1.165) is 5.52 Å². The number of carbonyl (C=O) groups excluding carboxylic acids is 2. The van der Waals surface area contributed by atoms with Crippen LogP contribution < -0.4 is 0 Å². The lowest BCUT2D eigenvalue weighted by Gasteiger charge is -2.05. The third-order valence-corrected chi connectivity index (χ3v) is 2.97. The zero-order chi connectivity index (χ0) is 14.0. The van der Waals surface area contributed by atoms with Gasteiger partial charge in [0.2, 0.25) is 0 Å². The summed E-state index contributed by atoms with van der Waals surface area (Å²) in [5.41, 5.74) is 1.25. The Morgan fingerprint density at radius 1 is 1.21 bits per heavy atom. The van der Waals surface area contributed by atoms with Gasteiger partial charge in [-0.2, -0.15) is 0 Å². The van der Waals surface area contributed by atoms with E-state index in [0.29, 0.717) is 5.39 Å². The summed E-state index contributed by atoms with van der Waals surface area (Å²) in [6.07, 6.45) is 0. The molecule has 5 heteroatoms. The number of nitrogens with zero attached hydrogens (tertiary/aromatic N) is 1. The van der Waals surface area contributed by atoms with E-state index in [1.165, 1.54) is 7.11 Å². The fourth-order valence-electron chi connectivity index (χ4n) is 2.14. The van der Waals surface area contributed by atoms with Gasteiger partial charge >= 0.3 is 11.9 Å². The van der Waals surface area contributed by atoms with E-state index in [-0.39, 0.29) is 17.9 Å². The second-order valence-corrected chi connectivity index (χ2v) is 4.01. The molecule has 0 radical (unpaired) electrons. The van der Waals surface area contributed by atoms with Crippen LogP contribution in [0.25, 0.3) is 10.9 Å². The molecule has 0 saturated heterocycles. The molecule has 0 spiro atoms. The molecule has 19 heavy (non-hydrogen) atoms. The molecule has 0 saturated carbocycles. The van der Waals surface area contributed by atoms with E-state index >= 15 is 0 Å². The van der Waals surface area contributed by atoms with E-state index in [1.54, 1.807) is 24.6 Å². The van der Waals surface area contributed by atoms with Crippen molar-refractivity contribution in [1.82, 2.24) is 4.57 Å². The Balaban J connectivity index is 2.76. The predicted octanol–water partition coefficient (Wildman–Crippen LogP) is 2.14. The molecular formula is C14H15NO4. The molecule has 0 fully saturated rings. The Morgan fingerprint density at radius 2 is 1.89 bits per heavy atom. The van der Waals surface area contributed by atoms with E-state index in [2.05, 4.69) is 0 Å². The maximum absolute atomic E-state index is 12.0. The Labute approximate surface area is 110 Å². The van der Waals surface area contributed by atoms with Crippen molar-refractivity contribution in [3.05, 3.63) is 35.5 Å². The minimum absolute atomic E-state index is 0.218. The van der Waals surface area contributed by atoms with Gasteiger partial charge in [0.1, 0.15) is 11.3 Å². The highest BCUT2D eigenvalue weighted by Gasteiger charge is 2.27. The first-order valence-electron chi connectivity index (χ1n) is 5.94. The second kappa shape index (κ2) is 5.14. The highest BCUT2D eigenvalue weighted by atomic mass is 16.5. The molecule has 1 aromatic carbocycles. The number of para-hydroxylation sites is 1. The van der Waals surface area contributed by atoms with Crippen LogP contribution in [0, 0.1) is 0 Å². The number of rotatable bonds is 3. The molecule has 100 valence electrons. The molecule has 0 aliphatic carbocycles. The maximum atomic E-state index is 12.0. The molecule has 1 heterocycles. The largest absolute Gasteiger partial charge is 0.465 e. The molecule has 0 aliphatic rings. The fraction of sp³-hybridized carbons (Fsp3) is 0.286. The Bertz CT molecular complexity index is 642. The van der Waals surface area contributed by atoms with Crippen LogP contribution in [0.15, 0.2) is 24.3 Å². The van der Waals surface area contributed by atoms with Gasteiger partial charge in [-0.05, 0) is 13.0 Å². The molecule has 1 aromatic heterocycles. The van der Waals surface area contributed by atoms with Crippen LogP contribution in [-0.2, 0) is 16.5 Å². The Morgan fingerprint density at radius 3 is 2.53 bits per heavy atom. The fourth-order valence-corrected chi connectivity index (χ4v) is 2.14. The van der Waals surface area contributed by atoms with Crippen LogP contribution >= 0.6 is 0 Å². The van der Waals surface area contributed by atoms with Gasteiger partial charge in [0, 0.05) is 18.0 Å². The van der Waals surface area contributed by atoms with Gasteiger partial charge in [0.05, 0.1) is 13.7 Å². The van der Waals surface area contributed by atoms with E-state index < -0.39 is 11.9 Å². The summed E-state index contributed by atoms with van der Waals surface area (Å²) in [6.45, 7) is 1.97. The van der Waals surface area contributed by atoms with Gasteiger partial charge in [-0.25, -0.2) is 9.59 Å². The number of ether oxygens (including phenoxy) is 2. The Hall–Kier alpha value is -2.30. The van der Waals surface area contributed by atoms with Crippen LogP contribution in [0.3, 0.4) is 0 Å². The van der Waals surface area contributed by atoms with Gasteiger partial charge in [-0.1, -0.05) is 18.2 Å². The van der Waals surface area contributed by atoms with Crippen molar-refractivity contribution >= 4 is 22.8 Å². The summed E-state index contributed by atoms with van der Waals surface area (Å²) in [4.78, 5) is 24.0. The number of hydrogen-bond acceptors (Lipinski definition) is 4. The third kappa shape index (κ3) is 2.07. The molecule has 0 N–H and O–H groups in total. The van der Waals surface area contributed by atoms with Gasteiger partial charge < -0.3 is 14.0 Å². The van der Waals surface area contributed by atoms with Crippen molar-refractivity contribution in [2.24, 2.45) is 7.05 Å². The SMILES string of the molecule is CCOC(=O)c1c(C(=O)OC)c2ccccc2n1C. The van der Waals surface area contributed by atoms with Crippen molar-refractivity contribution in [1.29, 1.82) is 0 Å². The highest BCUT2D eigenvalue weighted by molar-refractivity contribution is 6.13. The lowest BCUT2D eigenvalue weighted by Crippen LogP contribution is -2.15. The quantitative estimate of drug-likeness (QED) is 0.794. The zero-order valence-corrected chi connectivity index (χ0v) is 11.1. The molecule has 0 aliphatic heterocycles. The van der Waals surface area contributed by atoms with Crippen molar-refractivity contribution in [3.63, 3.8) is 0 Å². The molecule has 2 aromatic rings. The predicted molar refractivity (Wildman–Crippen MR) is 70.2 cm³/mol. The molecule has 0 atom stereocenters. The number of aryl methyl sites for hydroxylation is 1. The highest BCUT2D eigenvalue weighted by Crippen LogP contribution is 2.26. The van der Waals surface area contributed by atoms with E-state index in [4.69, 9.17) is 9.47 Å². The maximum Gasteiger partial charge on any atom is 0.355 e. The first kappa shape index (κ1) is 13.1. The monoisotopic (exact) mass is 261 g/mol. The van der Waals surface area contributed by atoms with Crippen molar-refractivity contribution < 1.29 is 19.1 Å². The number of fused-ring (bicyclic) bond motifs is 1. The topological polar surface area (TPSA) is 57.5 Å².